The van der Waals surface area contributed by atoms with Gasteiger partial charge in [0.05, 0.1) is 0 Å². The highest BCUT2D eigenvalue weighted by atomic mass is 32.1. The van der Waals surface area contributed by atoms with Crippen molar-refractivity contribution in [3.8, 4) is 0 Å². The normalized spacial score (nSPS) is 22.8. The van der Waals surface area contributed by atoms with Gasteiger partial charge >= 0.3 is 5.97 Å². The number of hydrogen-bond acceptors (Lipinski definition) is 4. The second-order valence-electron chi connectivity index (χ2n) is 4.64. The molecule has 1 aliphatic rings. The summed E-state index contributed by atoms with van der Waals surface area (Å²) in [6, 6.07) is 2.47. The molecule has 2 rings (SSSR count). The van der Waals surface area contributed by atoms with Crippen molar-refractivity contribution in [3.05, 3.63) is 21.9 Å². The van der Waals surface area contributed by atoms with Crippen LogP contribution in [0.3, 0.4) is 0 Å². The standard InChI is InChI=1S/C12H18N2O2S/c1-9-7-14(5-4-13(9)2)8-10-3-6-17-11(10)12(15)16/h3,6,9H,4-5,7-8H2,1-2H3,(H,15,16). The molecule has 0 bridgehead atoms. The van der Waals surface area contributed by atoms with E-state index in [9.17, 15) is 4.79 Å². The van der Waals surface area contributed by atoms with Crippen LogP contribution in [-0.4, -0.2) is 53.6 Å². The molecular formula is C12H18N2O2S. The predicted octanol–water partition coefficient (Wildman–Crippen LogP) is 1.58. The molecule has 1 unspecified atom stereocenters. The molecule has 1 fully saturated rings. The van der Waals surface area contributed by atoms with Crippen LogP contribution >= 0.6 is 11.3 Å². The van der Waals surface area contributed by atoms with Gasteiger partial charge in [-0.15, -0.1) is 11.3 Å². The molecule has 2 heterocycles. The van der Waals surface area contributed by atoms with Crippen molar-refractivity contribution in [2.75, 3.05) is 26.7 Å². The van der Waals surface area contributed by atoms with Gasteiger partial charge in [0, 0.05) is 32.2 Å². The average molecular weight is 254 g/mol. The third-order valence-corrected chi connectivity index (χ3v) is 4.32. The zero-order valence-corrected chi connectivity index (χ0v) is 11.0. The first-order valence-electron chi connectivity index (χ1n) is 5.80. The van der Waals surface area contributed by atoms with Crippen LogP contribution in [0, 0.1) is 0 Å². The Bertz CT molecular complexity index is 405. The van der Waals surface area contributed by atoms with Crippen LogP contribution in [0.4, 0.5) is 0 Å². The van der Waals surface area contributed by atoms with Crippen LogP contribution in [0.5, 0.6) is 0 Å². The Kier molecular flexibility index (Phi) is 3.81. The van der Waals surface area contributed by atoms with Gasteiger partial charge in [-0.05, 0) is 31.0 Å². The minimum absolute atomic E-state index is 0.483. The van der Waals surface area contributed by atoms with Crippen LogP contribution < -0.4 is 0 Å². The van der Waals surface area contributed by atoms with Crippen molar-refractivity contribution in [1.29, 1.82) is 0 Å². The van der Waals surface area contributed by atoms with Crippen LogP contribution in [0.2, 0.25) is 0 Å². The van der Waals surface area contributed by atoms with Gasteiger partial charge in [0.15, 0.2) is 0 Å². The molecular weight excluding hydrogens is 236 g/mol. The van der Waals surface area contributed by atoms with Crippen LogP contribution in [0.1, 0.15) is 22.2 Å². The van der Waals surface area contributed by atoms with E-state index in [0.29, 0.717) is 10.9 Å². The molecule has 0 amide bonds. The maximum Gasteiger partial charge on any atom is 0.346 e. The number of likely N-dealkylation sites (N-methyl/N-ethyl adjacent to an activating group) is 1. The number of carboxylic acid groups (broad SMARTS) is 1. The number of nitrogens with zero attached hydrogens (tertiary/aromatic N) is 2. The summed E-state index contributed by atoms with van der Waals surface area (Å²) in [5.74, 6) is -0.808. The summed E-state index contributed by atoms with van der Waals surface area (Å²) in [6.07, 6.45) is 0. The molecule has 1 aromatic rings. The van der Waals surface area contributed by atoms with Gasteiger partial charge in [-0.2, -0.15) is 0 Å². The number of carbonyl (C=O) groups is 1. The Hall–Kier alpha value is -0.910. The van der Waals surface area contributed by atoms with Gasteiger partial charge in [0.1, 0.15) is 4.88 Å². The van der Waals surface area contributed by atoms with Crippen molar-refractivity contribution < 1.29 is 9.90 Å². The second-order valence-corrected chi connectivity index (χ2v) is 5.56. The Morgan fingerprint density at radius 2 is 2.35 bits per heavy atom. The summed E-state index contributed by atoms with van der Waals surface area (Å²) >= 11 is 1.31. The smallest absolute Gasteiger partial charge is 0.346 e. The molecule has 0 aliphatic carbocycles. The molecule has 17 heavy (non-hydrogen) atoms. The van der Waals surface area contributed by atoms with Gasteiger partial charge in [-0.1, -0.05) is 0 Å². The minimum Gasteiger partial charge on any atom is -0.477 e. The molecule has 1 aliphatic heterocycles. The topological polar surface area (TPSA) is 43.8 Å². The Labute approximate surface area is 105 Å². The van der Waals surface area contributed by atoms with Crippen molar-refractivity contribution in [2.24, 2.45) is 0 Å². The number of thiophene rings is 1. The van der Waals surface area contributed by atoms with Crippen molar-refractivity contribution in [3.63, 3.8) is 0 Å². The number of rotatable bonds is 3. The second kappa shape index (κ2) is 5.16. The number of aromatic carboxylic acids is 1. The molecule has 0 spiro atoms. The van der Waals surface area contributed by atoms with Gasteiger partial charge in [0.2, 0.25) is 0 Å². The van der Waals surface area contributed by atoms with E-state index in [-0.39, 0.29) is 0 Å². The molecule has 0 radical (unpaired) electrons. The van der Waals surface area contributed by atoms with Gasteiger partial charge in [-0.3, -0.25) is 4.90 Å². The molecule has 94 valence electrons. The molecule has 1 atom stereocenters. The molecule has 0 saturated carbocycles. The van der Waals surface area contributed by atoms with Crippen molar-refractivity contribution in [1.82, 2.24) is 9.80 Å². The third-order valence-electron chi connectivity index (χ3n) is 3.38. The lowest BCUT2D eigenvalue weighted by Gasteiger charge is -2.37. The lowest BCUT2D eigenvalue weighted by atomic mass is 10.1. The van der Waals surface area contributed by atoms with Gasteiger partial charge in [-0.25, -0.2) is 4.79 Å². The zero-order valence-electron chi connectivity index (χ0n) is 10.2. The highest BCUT2D eigenvalue weighted by Crippen LogP contribution is 2.20. The average Bonchev–Trinajstić information content (AvgIpc) is 2.72. The molecule has 0 aromatic carbocycles. The summed E-state index contributed by atoms with van der Waals surface area (Å²) in [7, 11) is 2.13. The number of hydrogen-bond donors (Lipinski definition) is 1. The first-order valence-corrected chi connectivity index (χ1v) is 6.68. The summed E-state index contributed by atoms with van der Waals surface area (Å²) < 4.78 is 0. The summed E-state index contributed by atoms with van der Waals surface area (Å²) in [6.45, 7) is 6.02. The summed E-state index contributed by atoms with van der Waals surface area (Å²) in [4.78, 5) is 16.2. The largest absolute Gasteiger partial charge is 0.477 e. The quantitative estimate of drug-likeness (QED) is 0.889. The van der Waals surface area contributed by atoms with Gasteiger partial charge < -0.3 is 10.0 Å². The van der Waals surface area contributed by atoms with Crippen molar-refractivity contribution in [2.45, 2.75) is 19.5 Å². The number of carboxylic acids is 1. The van der Waals surface area contributed by atoms with Crippen molar-refractivity contribution >= 4 is 17.3 Å². The predicted molar refractivity (Wildman–Crippen MR) is 68.6 cm³/mol. The fourth-order valence-corrected chi connectivity index (χ4v) is 2.91. The zero-order chi connectivity index (χ0) is 12.4. The fraction of sp³-hybridized carbons (Fsp3) is 0.583. The molecule has 5 heteroatoms. The first-order chi connectivity index (χ1) is 8.08. The van der Waals surface area contributed by atoms with Crippen LogP contribution in [0.25, 0.3) is 0 Å². The van der Waals surface area contributed by atoms with Crippen LogP contribution in [0.15, 0.2) is 11.4 Å². The monoisotopic (exact) mass is 254 g/mol. The van der Waals surface area contributed by atoms with E-state index >= 15 is 0 Å². The molecule has 1 N–H and O–H groups in total. The van der Waals surface area contributed by atoms with Gasteiger partial charge in [0.25, 0.3) is 0 Å². The maximum atomic E-state index is 11.0. The highest BCUT2D eigenvalue weighted by molar-refractivity contribution is 7.12. The Morgan fingerprint density at radius 3 is 3.00 bits per heavy atom. The summed E-state index contributed by atoms with van der Waals surface area (Å²) in [5, 5.41) is 10.9. The molecule has 4 nitrogen and oxygen atoms in total. The Morgan fingerprint density at radius 1 is 1.59 bits per heavy atom. The van der Waals surface area contributed by atoms with E-state index in [1.165, 1.54) is 11.3 Å². The van der Waals surface area contributed by atoms with E-state index in [0.717, 1.165) is 31.7 Å². The Balaban J connectivity index is 2.01. The summed E-state index contributed by atoms with van der Waals surface area (Å²) in [5.41, 5.74) is 0.944. The maximum absolute atomic E-state index is 11.0. The SMILES string of the molecule is CC1CN(Cc2ccsc2C(=O)O)CCN1C. The minimum atomic E-state index is -0.808. The first kappa shape index (κ1) is 12.5. The lowest BCUT2D eigenvalue weighted by molar-refractivity contribution is 0.0696. The molecule has 1 saturated heterocycles. The fourth-order valence-electron chi connectivity index (χ4n) is 2.16. The van der Waals surface area contributed by atoms with E-state index in [1.54, 1.807) is 0 Å². The lowest BCUT2D eigenvalue weighted by Crippen LogP contribution is -2.49. The third kappa shape index (κ3) is 2.86. The van der Waals surface area contributed by atoms with E-state index in [2.05, 4.69) is 23.8 Å². The van der Waals surface area contributed by atoms with E-state index < -0.39 is 5.97 Å². The van der Waals surface area contributed by atoms with Crippen LogP contribution in [-0.2, 0) is 6.54 Å². The highest BCUT2D eigenvalue weighted by Gasteiger charge is 2.22. The van der Waals surface area contributed by atoms with E-state index in [4.69, 9.17) is 5.11 Å². The number of piperazine rings is 1. The molecule has 1 aromatic heterocycles. The van der Waals surface area contributed by atoms with E-state index in [1.807, 2.05) is 11.4 Å².